The first-order valence-electron chi connectivity index (χ1n) is 9.38. The van der Waals surface area contributed by atoms with E-state index in [1.54, 1.807) is 12.1 Å². The monoisotopic (exact) mass is 425 g/mol. The van der Waals surface area contributed by atoms with Crippen molar-refractivity contribution in [3.8, 4) is 0 Å². The standard InChI is InChI=1S/C20H23N7O2S/c1-4-12(3)24-17(21)16-19(29)27-30-20(16)26-13-5-6-15(11(2)7-13)18(28)25-14-8-22-10-23-9-14/h5-10,12,26H,4H2,1-3H3,(H2,21,24)(H,25,28)(H,27,29). The fourth-order valence-corrected chi connectivity index (χ4v) is 3.47. The maximum absolute atomic E-state index is 12.5. The number of aromatic amines is 1. The number of amides is 1. The highest BCUT2D eigenvalue weighted by molar-refractivity contribution is 7.10. The average Bonchev–Trinajstić information content (AvgIpc) is 3.08. The van der Waals surface area contributed by atoms with Gasteiger partial charge in [-0.3, -0.25) is 19.0 Å². The van der Waals surface area contributed by atoms with Crippen LogP contribution in [0.4, 0.5) is 16.4 Å². The van der Waals surface area contributed by atoms with Crippen molar-refractivity contribution >= 4 is 39.7 Å². The van der Waals surface area contributed by atoms with Crippen LogP contribution < -0.4 is 21.9 Å². The molecule has 1 unspecified atom stereocenters. The van der Waals surface area contributed by atoms with E-state index in [-0.39, 0.29) is 23.3 Å². The van der Waals surface area contributed by atoms with Crippen LogP contribution in [0, 0.1) is 6.92 Å². The summed E-state index contributed by atoms with van der Waals surface area (Å²) >= 11 is 1.15. The van der Waals surface area contributed by atoms with Crippen molar-refractivity contribution in [2.24, 2.45) is 10.7 Å². The molecule has 9 nitrogen and oxygen atoms in total. The predicted molar refractivity (Wildman–Crippen MR) is 120 cm³/mol. The second-order valence-electron chi connectivity index (χ2n) is 6.74. The molecule has 10 heteroatoms. The molecular formula is C20H23N7O2S. The number of nitrogens with two attached hydrogens (primary N) is 1. The number of carbonyl (C=O) groups excluding carboxylic acids is 1. The number of H-pyrrole nitrogens is 1. The molecule has 3 rings (SSSR count). The zero-order valence-corrected chi connectivity index (χ0v) is 17.7. The first-order valence-corrected chi connectivity index (χ1v) is 10.2. The van der Waals surface area contributed by atoms with Crippen molar-refractivity contribution in [3.63, 3.8) is 0 Å². The maximum Gasteiger partial charge on any atom is 0.271 e. The number of aliphatic imine (C=N–C) groups is 1. The van der Waals surface area contributed by atoms with Crippen molar-refractivity contribution in [1.29, 1.82) is 0 Å². The summed E-state index contributed by atoms with van der Waals surface area (Å²) in [6.07, 6.45) is 5.27. The molecule has 0 saturated carbocycles. The lowest BCUT2D eigenvalue weighted by molar-refractivity contribution is 0.102. The Bertz CT molecular complexity index is 1120. The van der Waals surface area contributed by atoms with Gasteiger partial charge in [-0.25, -0.2) is 9.97 Å². The molecule has 0 saturated heterocycles. The largest absolute Gasteiger partial charge is 0.383 e. The SMILES string of the molecule is CCC(C)N=C(N)c1c(Nc2ccc(C(=O)Nc3cncnc3)c(C)c2)s[nH]c1=O. The Hall–Kier alpha value is -3.53. The minimum atomic E-state index is -0.287. The van der Waals surface area contributed by atoms with Crippen LogP contribution in [0.25, 0.3) is 0 Å². The van der Waals surface area contributed by atoms with Gasteiger partial charge in [-0.1, -0.05) is 6.92 Å². The van der Waals surface area contributed by atoms with E-state index in [2.05, 4.69) is 30.0 Å². The van der Waals surface area contributed by atoms with E-state index in [0.29, 0.717) is 21.8 Å². The van der Waals surface area contributed by atoms with Gasteiger partial charge in [-0.2, -0.15) is 0 Å². The van der Waals surface area contributed by atoms with Crippen molar-refractivity contribution in [3.05, 3.63) is 64.0 Å². The number of hydrogen-bond donors (Lipinski definition) is 4. The Labute approximate surface area is 177 Å². The van der Waals surface area contributed by atoms with Gasteiger partial charge in [0.25, 0.3) is 11.5 Å². The molecule has 0 spiro atoms. The third-order valence-electron chi connectivity index (χ3n) is 4.45. The Balaban J connectivity index is 1.81. The van der Waals surface area contributed by atoms with Crippen LogP contribution >= 0.6 is 11.5 Å². The summed E-state index contributed by atoms with van der Waals surface area (Å²) in [6.45, 7) is 5.78. The Kier molecular flexibility index (Phi) is 6.58. The zero-order valence-electron chi connectivity index (χ0n) is 16.9. The third kappa shape index (κ3) is 4.90. The van der Waals surface area contributed by atoms with E-state index in [9.17, 15) is 9.59 Å². The molecule has 30 heavy (non-hydrogen) atoms. The number of amidine groups is 1. The van der Waals surface area contributed by atoms with Crippen molar-refractivity contribution in [1.82, 2.24) is 14.3 Å². The van der Waals surface area contributed by atoms with Gasteiger partial charge in [0.15, 0.2) is 0 Å². The second-order valence-corrected chi connectivity index (χ2v) is 7.56. The number of benzene rings is 1. The van der Waals surface area contributed by atoms with Gasteiger partial charge in [0.2, 0.25) is 0 Å². The van der Waals surface area contributed by atoms with Crippen LogP contribution in [-0.4, -0.2) is 32.1 Å². The number of rotatable bonds is 7. The van der Waals surface area contributed by atoms with Gasteiger partial charge in [0, 0.05) is 17.3 Å². The molecular weight excluding hydrogens is 402 g/mol. The van der Waals surface area contributed by atoms with Crippen LogP contribution in [0.2, 0.25) is 0 Å². The molecule has 2 aromatic heterocycles. The summed E-state index contributed by atoms with van der Waals surface area (Å²) in [6, 6.07) is 5.32. The van der Waals surface area contributed by atoms with E-state index in [4.69, 9.17) is 5.73 Å². The Morgan fingerprint density at radius 3 is 2.70 bits per heavy atom. The first kappa shape index (κ1) is 21.2. The van der Waals surface area contributed by atoms with E-state index in [1.807, 2.05) is 26.8 Å². The molecule has 1 aromatic carbocycles. The lowest BCUT2D eigenvalue weighted by Gasteiger charge is -2.11. The Morgan fingerprint density at radius 2 is 2.03 bits per heavy atom. The van der Waals surface area contributed by atoms with Gasteiger partial charge >= 0.3 is 0 Å². The number of nitrogens with one attached hydrogen (secondary N) is 3. The number of hydrogen-bond acceptors (Lipinski definition) is 7. The highest BCUT2D eigenvalue weighted by Gasteiger charge is 2.16. The minimum Gasteiger partial charge on any atom is -0.383 e. The molecule has 2 heterocycles. The average molecular weight is 426 g/mol. The van der Waals surface area contributed by atoms with Gasteiger partial charge in [0.05, 0.1) is 18.1 Å². The van der Waals surface area contributed by atoms with Crippen LogP contribution in [0.15, 0.2) is 46.7 Å². The summed E-state index contributed by atoms with van der Waals surface area (Å²) in [7, 11) is 0. The topological polar surface area (TPSA) is 138 Å². The number of carbonyl (C=O) groups is 1. The lowest BCUT2D eigenvalue weighted by atomic mass is 10.1. The molecule has 156 valence electrons. The lowest BCUT2D eigenvalue weighted by Crippen LogP contribution is -2.23. The van der Waals surface area contributed by atoms with E-state index in [1.165, 1.54) is 18.7 Å². The fourth-order valence-electron chi connectivity index (χ4n) is 2.71. The highest BCUT2D eigenvalue weighted by Crippen LogP contribution is 2.25. The maximum atomic E-state index is 12.5. The molecule has 0 radical (unpaired) electrons. The number of nitrogens with zero attached hydrogens (tertiary/aromatic N) is 3. The highest BCUT2D eigenvalue weighted by atomic mass is 32.1. The van der Waals surface area contributed by atoms with Gasteiger partial charge in [0.1, 0.15) is 22.7 Å². The van der Waals surface area contributed by atoms with Crippen LogP contribution in [-0.2, 0) is 0 Å². The van der Waals surface area contributed by atoms with E-state index >= 15 is 0 Å². The Morgan fingerprint density at radius 1 is 1.30 bits per heavy atom. The summed E-state index contributed by atoms with van der Waals surface area (Å²) < 4.78 is 2.69. The van der Waals surface area contributed by atoms with Crippen molar-refractivity contribution in [2.45, 2.75) is 33.2 Å². The van der Waals surface area contributed by atoms with E-state index < -0.39 is 0 Å². The fraction of sp³-hybridized carbons (Fsp3) is 0.250. The number of aromatic nitrogens is 3. The molecule has 1 atom stereocenters. The van der Waals surface area contributed by atoms with Gasteiger partial charge in [-0.05, 0) is 55.6 Å². The van der Waals surface area contributed by atoms with Crippen LogP contribution in [0.1, 0.15) is 41.8 Å². The van der Waals surface area contributed by atoms with E-state index in [0.717, 1.165) is 29.2 Å². The third-order valence-corrected chi connectivity index (χ3v) is 5.25. The smallest absolute Gasteiger partial charge is 0.271 e. The quantitative estimate of drug-likeness (QED) is 0.339. The molecule has 0 bridgehead atoms. The predicted octanol–water partition coefficient (Wildman–Crippen LogP) is 3.03. The summed E-state index contributed by atoms with van der Waals surface area (Å²) in [5, 5.41) is 6.53. The van der Waals surface area contributed by atoms with Crippen molar-refractivity contribution < 1.29 is 4.79 Å². The minimum absolute atomic E-state index is 0.0206. The van der Waals surface area contributed by atoms with Crippen LogP contribution in [0.5, 0.6) is 0 Å². The zero-order chi connectivity index (χ0) is 21.7. The number of anilines is 3. The summed E-state index contributed by atoms with van der Waals surface area (Å²) in [4.78, 5) is 36.9. The van der Waals surface area contributed by atoms with Gasteiger partial charge in [-0.15, -0.1) is 0 Å². The normalized spacial score (nSPS) is 12.4. The molecule has 0 aliphatic carbocycles. The summed E-state index contributed by atoms with van der Waals surface area (Å²) in [5.41, 5.74) is 8.63. The first-order chi connectivity index (χ1) is 14.4. The molecule has 5 N–H and O–H groups in total. The molecule has 0 aliphatic rings. The molecule has 0 fully saturated rings. The van der Waals surface area contributed by atoms with Crippen LogP contribution in [0.3, 0.4) is 0 Å². The molecule has 3 aromatic rings. The molecule has 1 amide bonds. The second kappa shape index (κ2) is 9.31. The molecule has 0 aliphatic heterocycles. The van der Waals surface area contributed by atoms with Crippen molar-refractivity contribution in [2.75, 3.05) is 10.6 Å². The van der Waals surface area contributed by atoms with Gasteiger partial charge < -0.3 is 16.4 Å². The summed E-state index contributed by atoms with van der Waals surface area (Å²) in [5.74, 6) is -0.0575. The number of aryl methyl sites for hydroxylation is 1.